The van der Waals surface area contributed by atoms with Crippen molar-refractivity contribution >= 4 is 0 Å². The van der Waals surface area contributed by atoms with Gasteiger partial charge in [0.1, 0.15) is 0 Å². The molecule has 0 saturated carbocycles. The van der Waals surface area contributed by atoms with E-state index in [4.69, 9.17) is 18.7 Å². The Morgan fingerprint density at radius 1 is 1.20 bits per heavy atom. The third kappa shape index (κ3) is 2.98. The summed E-state index contributed by atoms with van der Waals surface area (Å²) in [4.78, 5) is 6.74. The second-order valence-electron chi connectivity index (χ2n) is 7.11. The lowest BCUT2D eigenvalue weighted by Crippen LogP contribution is -2.25. The smallest absolute Gasteiger partial charge is 0.231 e. The van der Waals surface area contributed by atoms with E-state index < -0.39 is 0 Å². The van der Waals surface area contributed by atoms with Crippen LogP contribution in [0.2, 0.25) is 0 Å². The van der Waals surface area contributed by atoms with Gasteiger partial charge in [0.15, 0.2) is 17.3 Å². The Bertz CT molecular complexity index is 763. The minimum atomic E-state index is 0.197. The topological polar surface area (TPSA) is 69.9 Å². The third-order valence-corrected chi connectivity index (χ3v) is 5.20. The van der Waals surface area contributed by atoms with Crippen molar-refractivity contribution in [1.29, 1.82) is 0 Å². The van der Waals surface area contributed by atoms with Crippen molar-refractivity contribution in [2.75, 3.05) is 19.9 Å². The summed E-state index contributed by atoms with van der Waals surface area (Å²) in [5.74, 6) is 3.64. The van der Waals surface area contributed by atoms with Gasteiger partial charge in [-0.15, -0.1) is 0 Å². The molecule has 25 heavy (non-hydrogen) atoms. The quantitative estimate of drug-likeness (QED) is 0.840. The monoisotopic (exact) mass is 343 g/mol. The van der Waals surface area contributed by atoms with E-state index in [-0.39, 0.29) is 6.10 Å². The first-order chi connectivity index (χ1) is 12.2. The fourth-order valence-electron chi connectivity index (χ4n) is 4.12. The third-order valence-electron chi connectivity index (χ3n) is 5.20. The zero-order valence-electron chi connectivity index (χ0n) is 14.2. The minimum Gasteiger partial charge on any atom is -0.454 e. The van der Waals surface area contributed by atoms with Gasteiger partial charge >= 0.3 is 0 Å². The molecule has 0 bridgehead atoms. The molecule has 3 aliphatic rings. The van der Waals surface area contributed by atoms with Gasteiger partial charge in [0, 0.05) is 25.6 Å². The van der Waals surface area contributed by atoms with Crippen molar-refractivity contribution in [1.82, 2.24) is 15.0 Å². The van der Waals surface area contributed by atoms with Crippen LogP contribution in [-0.2, 0) is 17.7 Å². The summed E-state index contributed by atoms with van der Waals surface area (Å²) in [5.41, 5.74) is 1.25. The number of rotatable bonds is 4. The van der Waals surface area contributed by atoms with Gasteiger partial charge in [0.05, 0.1) is 18.6 Å². The first-order valence-electron chi connectivity index (χ1n) is 8.78. The highest BCUT2D eigenvalue weighted by Gasteiger charge is 2.42. The Kier molecular flexibility index (Phi) is 3.64. The van der Waals surface area contributed by atoms with Crippen LogP contribution in [0.5, 0.6) is 11.5 Å². The van der Waals surface area contributed by atoms with Gasteiger partial charge in [-0.1, -0.05) is 11.2 Å². The lowest BCUT2D eigenvalue weighted by molar-refractivity contribution is 0.0343. The molecular weight excluding hydrogens is 322 g/mol. The van der Waals surface area contributed by atoms with Crippen molar-refractivity contribution in [3.8, 4) is 11.5 Å². The molecule has 1 aromatic carbocycles. The molecule has 7 nitrogen and oxygen atoms in total. The molecule has 2 aromatic rings. The van der Waals surface area contributed by atoms with E-state index in [1.807, 2.05) is 13.0 Å². The van der Waals surface area contributed by atoms with Crippen LogP contribution < -0.4 is 9.47 Å². The number of ether oxygens (including phenoxy) is 3. The fraction of sp³-hybridized carbons (Fsp3) is 0.556. The van der Waals surface area contributed by atoms with Crippen molar-refractivity contribution in [2.24, 2.45) is 5.92 Å². The molecule has 2 fully saturated rings. The summed E-state index contributed by atoms with van der Waals surface area (Å²) in [5, 5.41) is 3.85. The van der Waals surface area contributed by atoms with Crippen LogP contribution in [0, 0.1) is 12.8 Å². The average Bonchev–Trinajstić information content (AvgIpc) is 3.32. The molecule has 3 atom stereocenters. The maximum Gasteiger partial charge on any atom is 0.231 e. The second kappa shape index (κ2) is 6.00. The molecule has 0 radical (unpaired) electrons. The number of aromatic nitrogens is 2. The van der Waals surface area contributed by atoms with Crippen molar-refractivity contribution in [3.05, 3.63) is 35.5 Å². The van der Waals surface area contributed by atoms with Crippen molar-refractivity contribution < 1.29 is 18.7 Å². The van der Waals surface area contributed by atoms with Crippen LogP contribution >= 0.6 is 0 Å². The van der Waals surface area contributed by atoms with Crippen LogP contribution in [0.15, 0.2) is 22.7 Å². The summed E-state index contributed by atoms with van der Waals surface area (Å²) in [7, 11) is 0. The molecule has 0 spiro atoms. The normalized spacial score (nSPS) is 27.8. The van der Waals surface area contributed by atoms with Gasteiger partial charge < -0.3 is 18.7 Å². The van der Waals surface area contributed by atoms with E-state index in [0.717, 1.165) is 44.0 Å². The molecule has 7 heteroatoms. The molecule has 0 aliphatic carbocycles. The van der Waals surface area contributed by atoms with Crippen LogP contribution in [0.3, 0.4) is 0 Å². The molecule has 0 amide bonds. The summed E-state index contributed by atoms with van der Waals surface area (Å²) in [6.45, 7) is 5.12. The highest BCUT2D eigenvalue weighted by molar-refractivity contribution is 5.44. The first kappa shape index (κ1) is 15.2. The molecule has 4 heterocycles. The van der Waals surface area contributed by atoms with E-state index in [1.165, 1.54) is 5.56 Å². The number of hydrogen-bond donors (Lipinski definition) is 0. The Labute approximate surface area is 145 Å². The Balaban J connectivity index is 1.17. The predicted octanol–water partition coefficient (Wildman–Crippen LogP) is 1.94. The number of benzene rings is 1. The van der Waals surface area contributed by atoms with E-state index in [0.29, 0.717) is 30.5 Å². The van der Waals surface area contributed by atoms with Gasteiger partial charge in [0.25, 0.3) is 0 Å². The fourth-order valence-corrected chi connectivity index (χ4v) is 4.12. The predicted molar refractivity (Wildman–Crippen MR) is 87.3 cm³/mol. The number of aryl methyl sites for hydroxylation is 1. The lowest BCUT2D eigenvalue weighted by Gasteiger charge is -2.18. The number of likely N-dealkylation sites (tertiary alicyclic amines) is 1. The van der Waals surface area contributed by atoms with Gasteiger partial charge in [-0.05, 0) is 31.0 Å². The maximum absolute atomic E-state index is 6.23. The van der Waals surface area contributed by atoms with E-state index in [1.54, 1.807) is 0 Å². The molecule has 2 saturated heterocycles. The highest BCUT2D eigenvalue weighted by atomic mass is 16.7. The SMILES string of the molecule is Cc1noc(C[C@H]2C[C@H]3CN(Cc4ccc5c(c4)OCO5)C[C@H]3O2)n1. The molecular formula is C18H21N3O4. The zero-order chi connectivity index (χ0) is 16.8. The van der Waals surface area contributed by atoms with E-state index in [9.17, 15) is 0 Å². The number of nitrogens with zero attached hydrogens (tertiary/aromatic N) is 3. The lowest BCUT2D eigenvalue weighted by atomic mass is 10.0. The largest absolute Gasteiger partial charge is 0.454 e. The van der Waals surface area contributed by atoms with Gasteiger partial charge in [-0.25, -0.2) is 0 Å². The second-order valence-corrected chi connectivity index (χ2v) is 7.11. The molecule has 3 aliphatic heterocycles. The summed E-state index contributed by atoms with van der Waals surface area (Å²) in [6.07, 6.45) is 2.28. The average molecular weight is 343 g/mol. The first-order valence-corrected chi connectivity index (χ1v) is 8.78. The molecule has 0 N–H and O–H groups in total. The van der Waals surface area contributed by atoms with Gasteiger partial charge in [-0.3, -0.25) is 4.90 Å². The standard InChI is InChI=1S/C18H21N3O4/c1-11-19-18(25-20-11)6-14-5-13-8-21(9-17(13)24-14)7-12-2-3-15-16(4-12)23-10-22-15/h2-4,13-14,17H,5-10H2,1H3/t13-,14+,17+/m0/s1. The Morgan fingerprint density at radius 3 is 2.96 bits per heavy atom. The zero-order valence-corrected chi connectivity index (χ0v) is 14.2. The Morgan fingerprint density at radius 2 is 2.12 bits per heavy atom. The number of fused-ring (bicyclic) bond motifs is 2. The van der Waals surface area contributed by atoms with Crippen LogP contribution in [-0.4, -0.2) is 47.1 Å². The number of hydrogen-bond acceptors (Lipinski definition) is 7. The molecule has 1 aromatic heterocycles. The summed E-state index contributed by atoms with van der Waals surface area (Å²) >= 11 is 0. The molecule has 0 unspecified atom stereocenters. The van der Waals surface area contributed by atoms with Gasteiger partial charge in [-0.2, -0.15) is 4.98 Å². The van der Waals surface area contributed by atoms with Crippen LogP contribution in [0.1, 0.15) is 23.7 Å². The maximum atomic E-state index is 6.23. The molecule has 132 valence electrons. The minimum absolute atomic E-state index is 0.197. The van der Waals surface area contributed by atoms with Gasteiger partial charge in [0.2, 0.25) is 12.7 Å². The van der Waals surface area contributed by atoms with Crippen LogP contribution in [0.25, 0.3) is 0 Å². The van der Waals surface area contributed by atoms with Crippen LogP contribution in [0.4, 0.5) is 0 Å². The highest BCUT2D eigenvalue weighted by Crippen LogP contribution is 2.36. The van der Waals surface area contributed by atoms with E-state index >= 15 is 0 Å². The summed E-state index contributed by atoms with van der Waals surface area (Å²) in [6, 6.07) is 6.19. The summed E-state index contributed by atoms with van der Waals surface area (Å²) < 4.78 is 22.3. The molecule has 5 rings (SSSR count). The van der Waals surface area contributed by atoms with Crippen molar-refractivity contribution in [3.63, 3.8) is 0 Å². The van der Waals surface area contributed by atoms with E-state index in [2.05, 4.69) is 27.2 Å². The Hall–Kier alpha value is -2.12. The van der Waals surface area contributed by atoms with Crippen molar-refractivity contribution in [2.45, 2.75) is 38.5 Å².